The molecule has 1 saturated heterocycles. The van der Waals surface area contributed by atoms with Gasteiger partial charge in [-0.1, -0.05) is 44.2 Å². The first-order valence-electron chi connectivity index (χ1n) is 12.0. The van der Waals surface area contributed by atoms with Gasteiger partial charge >= 0.3 is 0 Å². The van der Waals surface area contributed by atoms with E-state index in [-0.39, 0.29) is 48.7 Å². The predicted molar refractivity (Wildman–Crippen MR) is 148 cm³/mol. The van der Waals surface area contributed by atoms with Crippen molar-refractivity contribution in [3.05, 3.63) is 87.5 Å². The zero-order chi connectivity index (χ0) is 24.1. The Hall–Kier alpha value is -2.29. The molecular weight excluding hydrogens is 500 g/mol. The van der Waals surface area contributed by atoms with Crippen LogP contribution in [0.15, 0.2) is 59.4 Å². The van der Waals surface area contributed by atoms with Crippen LogP contribution in [0.25, 0.3) is 11.3 Å². The molecule has 9 heteroatoms. The van der Waals surface area contributed by atoms with Crippen molar-refractivity contribution in [2.75, 3.05) is 26.2 Å². The van der Waals surface area contributed by atoms with Crippen molar-refractivity contribution in [2.45, 2.75) is 40.0 Å². The average molecular weight is 537 g/mol. The van der Waals surface area contributed by atoms with Gasteiger partial charge in [0, 0.05) is 69.0 Å². The van der Waals surface area contributed by atoms with Crippen LogP contribution < -0.4 is 11.3 Å². The molecule has 1 aromatic heterocycles. The zero-order valence-corrected chi connectivity index (χ0v) is 22.5. The summed E-state index contributed by atoms with van der Waals surface area (Å²) in [5, 5.41) is 4.61. The summed E-state index contributed by atoms with van der Waals surface area (Å²) in [6, 6.07) is 17.2. The fraction of sp³-hybridized carbons (Fsp3) is 0.407. The molecule has 3 aromatic rings. The molecule has 0 unspecified atom stereocenters. The number of rotatable bonds is 8. The van der Waals surface area contributed by atoms with Gasteiger partial charge in [0.05, 0.1) is 5.69 Å². The van der Waals surface area contributed by atoms with Crippen LogP contribution in [0.1, 0.15) is 30.5 Å². The van der Waals surface area contributed by atoms with E-state index in [1.165, 1.54) is 11.6 Å². The van der Waals surface area contributed by atoms with Crippen molar-refractivity contribution in [3.63, 3.8) is 0 Å². The summed E-state index contributed by atoms with van der Waals surface area (Å²) >= 11 is 0. The van der Waals surface area contributed by atoms with E-state index in [1.807, 2.05) is 12.1 Å². The second-order valence-corrected chi connectivity index (χ2v) is 9.48. The first-order chi connectivity index (χ1) is 16.4. The first-order valence-corrected chi connectivity index (χ1v) is 12.0. The molecule has 0 aliphatic carbocycles. The molecule has 1 aliphatic rings. The number of hydrogen-bond donors (Lipinski definition) is 1. The van der Waals surface area contributed by atoms with E-state index in [1.54, 1.807) is 16.8 Å². The van der Waals surface area contributed by atoms with Crippen LogP contribution >= 0.6 is 24.8 Å². The molecule has 0 saturated carbocycles. The predicted octanol–water partition coefficient (Wildman–Crippen LogP) is 4.33. The molecule has 4 rings (SSSR count). The Labute approximate surface area is 225 Å². The van der Waals surface area contributed by atoms with Gasteiger partial charge in [-0.3, -0.25) is 14.6 Å². The molecule has 2 aromatic carbocycles. The summed E-state index contributed by atoms with van der Waals surface area (Å²) < 4.78 is 15.6. The highest BCUT2D eigenvalue weighted by molar-refractivity contribution is 5.85. The lowest BCUT2D eigenvalue weighted by Gasteiger charge is -2.34. The molecule has 2 heterocycles. The highest BCUT2D eigenvalue weighted by Crippen LogP contribution is 2.21. The lowest BCUT2D eigenvalue weighted by Crippen LogP contribution is -2.46. The number of hydrogen-bond acceptors (Lipinski definition) is 5. The van der Waals surface area contributed by atoms with Crippen LogP contribution in [0, 0.1) is 11.7 Å². The van der Waals surface area contributed by atoms with Crippen LogP contribution in [-0.2, 0) is 26.2 Å². The molecule has 196 valence electrons. The molecule has 0 radical (unpaired) electrons. The van der Waals surface area contributed by atoms with Gasteiger partial charge in [0.25, 0.3) is 5.56 Å². The van der Waals surface area contributed by atoms with Gasteiger partial charge in [0.15, 0.2) is 0 Å². The maximum Gasteiger partial charge on any atom is 0.271 e. The molecular formula is C27H36Cl2FN5O. The van der Waals surface area contributed by atoms with Crippen molar-refractivity contribution in [3.8, 4) is 11.3 Å². The summed E-state index contributed by atoms with van der Waals surface area (Å²) in [6.07, 6.45) is 0. The number of aromatic nitrogens is 2. The minimum Gasteiger partial charge on any atom is -0.326 e. The molecule has 0 atom stereocenters. The molecule has 0 bridgehead atoms. The second kappa shape index (κ2) is 13.9. The van der Waals surface area contributed by atoms with E-state index in [9.17, 15) is 9.18 Å². The lowest BCUT2D eigenvalue weighted by atomic mass is 10.1. The molecule has 6 nitrogen and oxygen atoms in total. The number of halogens is 3. The third kappa shape index (κ3) is 7.60. The van der Waals surface area contributed by atoms with Crippen molar-refractivity contribution in [1.82, 2.24) is 19.6 Å². The maximum atomic E-state index is 14.0. The second-order valence-electron chi connectivity index (χ2n) is 9.48. The van der Waals surface area contributed by atoms with Gasteiger partial charge in [-0.25, -0.2) is 9.07 Å². The van der Waals surface area contributed by atoms with Crippen molar-refractivity contribution >= 4 is 24.8 Å². The highest BCUT2D eigenvalue weighted by Gasteiger charge is 2.20. The fourth-order valence-electron chi connectivity index (χ4n) is 4.40. The van der Waals surface area contributed by atoms with Gasteiger partial charge in [-0.05, 0) is 35.7 Å². The number of benzene rings is 2. The number of nitrogens with two attached hydrogens (primary N) is 1. The van der Waals surface area contributed by atoms with Gasteiger partial charge in [-0.15, -0.1) is 24.8 Å². The SMILES string of the molecule is CC(C)Cn1nc(-c2ccc(F)c(CN)c2)cc(CN2CCN(Cc3ccccc3)CC2)c1=O.Cl.Cl. The monoisotopic (exact) mass is 535 g/mol. The van der Waals surface area contributed by atoms with Crippen molar-refractivity contribution in [1.29, 1.82) is 0 Å². The molecule has 36 heavy (non-hydrogen) atoms. The Bertz CT molecular complexity index is 1160. The van der Waals surface area contributed by atoms with Gasteiger partial charge in [-0.2, -0.15) is 5.10 Å². The summed E-state index contributed by atoms with van der Waals surface area (Å²) in [7, 11) is 0. The maximum absolute atomic E-state index is 14.0. The Balaban J connectivity index is 0.00000228. The average Bonchev–Trinajstić information content (AvgIpc) is 2.83. The summed E-state index contributed by atoms with van der Waals surface area (Å²) in [4.78, 5) is 18.0. The Morgan fingerprint density at radius 2 is 1.56 bits per heavy atom. The summed E-state index contributed by atoms with van der Waals surface area (Å²) in [5.41, 5.74) is 9.59. The van der Waals surface area contributed by atoms with E-state index in [4.69, 9.17) is 5.73 Å². The third-order valence-electron chi connectivity index (χ3n) is 6.26. The van der Waals surface area contributed by atoms with E-state index in [0.29, 0.717) is 24.3 Å². The summed E-state index contributed by atoms with van der Waals surface area (Å²) in [5.74, 6) is -0.0435. The number of nitrogens with zero attached hydrogens (tertiary/aromatic N) is 4. The largest absolute Gasteiger partial charge is 0.326 e. The minimum absolute atomic E-state index is 0. The van der Waals surface area contributed by atoms with Crippen LogP contribution in [0.4, 0.5) is 4.39 Å². The number of piperazine rings is 1. The third-order valence-corrected chi connectivity index (χ3v) is 6.26. The topological polar surface area (TPSA) is 67.4 Å². The molecule has 1 fully saturated rings. The van der Waals surface area contributed by atoms with Crippen LogP contribution in [0.2, 0.25) is 0 Å². The molecule has 0 spiro atoms. The van der Waals surface area contributed by atoms with E-state index in [0.717, 1.165) is 43.9 Å². The zero-order valence-electron chi connectivity index (χ0n) is 20.9. The smallest absolute Gasteiger partial charge is 0.271 e. The Morgan fingerprint density at radius 3 is 2.17 bits per heavy atom. The van der Waals surface area contributed by atoms with Crippen LogP contribution in [0.3, 0.4) is 0 Å². The molecule has 2 N–H and O–H groups in total. The Kier molecular flexibility index (Phi) is 11.5. The standard InChI is InChI=1S/C27H34FN5O.2ClH/c1-20(2)17-33-27(34)24(15-26(30-33)22-8-9-25(28)23(14-22)16-29)19-32-12-10-31(11-13-32)18-21-6-4-3-5-7-21;;/h3-9,14-15,20H,10-13,16-19,29H2,1-2H3;2*1H. The van der Waals surface area contributed by atoms with Crippen molar-refractivity contribution < 1.29 is 4.39 Å². The minimum atomic E-state index is -0.324. The van der Waals surface area contributed by atoms with Crippen LogP contribution in [-0.4, -0.2) is 45.8 Å². The van der Waals surface area contributed by atoms with Gasteiger partial charge in [0.1, 0.15) is 5.82 Å². The lowest BCUT2D eigenvalue weighted by molar-refractivity contribution is 0.121. The normalized spacial score (nSPS) is 14.4. The van der Waals surface area contributed by atoms with E-state index in [2.05, 4.69) is 53.0 Å². The van der Waals surface area contributed by atoms with Crippen molar-refractivity contribution in [2.24, 2.45) is 11.7 Å². The van der Waals surface area contributed by atoms with Gasteiger partial charge < -0.3 is 5.73 Å². The Morgan fingerprint density at radius 1 is 0.917 bits per heavy atom. The van der Waals surface area contributed by atoms with Gasteiger partial charge in [0.2, 0.25) is 0 Å². The summed E-state index contributed by atoms with van der Waals surface area (Å²) in [6.45, 7) is 10.0. The molecule has 0 amide bonds. The van der Waals surface area contributed by atoms with Crippen LogP contribution in [0.5, 0.6) is 0 Å². The van der Waals surface area contributed by atoms with E-state index < -0.39 is 0 Å². The first kappa shape index (κ1) is 29.9. The quantitative estimate of drug-likeness (QED) is 0.465. The fourth-order valence-corrected chi connectivity index (χ4v) is 4.40. The van der Waals surface area contributed by atoms with E-state index >= 15 is 0 Å². The highest BCUT2D eigenvalue weighted by atomic mass is 35.5. The molecule has 1 aliphatic heterocycles.